The number of para-hydroxylation sites is 1. The van der Waals surface area contributed by atoms with Crippen LogP contribution in [0, 0.1) is 5.82 Å². The van der Waals surface area contributed by atoms with Gasteiger partial charge in [-0.3, -0.25) is 9.69 Å². The van der Waals surface area contributed by atoms with Crippen LogP contribution in [0.2, 0.25) is 0 Å². The summed E-state index contributed by atoms with van der Waals surface area (Å²) in [6.45, 7) is 0.265. The van der Waals surface area contributed by atoms with Gasteiger partial charge in [0.05, 0.1) is 0 Å². The molecule has 0 aliphatic carbocycles. The molecule has 24 heavy (non-hydrogen) atoms. The van der Waals surface area contributed by atoms with Crippen LogP contribution < -0.4 is 10.1 Å². The highest BCUT2D eigenvalue weighted by Gasteiger charge is 2.30. The molecule has 1 heterocycles. The SMILES string of the molecule is CN1C(=O)N/C(=C/c2ccccc2OCc2ccc(F)cc2)C1=O. The molecule has 2 aromatic carbocycles. The van der Waals surface area contributed by atoms with E-state index in [1.54, 1.807) is 30.3 Å². The average Bonchev–Trinajstić information content (AvgIpc) is 2.82. The minimum absolute atomic E-state index is 0.195. The first-order valence-corrected chi connectivity index (χ1v) is 7.31. The van der Waals surface area contributed by atoms with Gasteiger partial charge in [0.25, 0.3) is 5.91 Å². The van der Waals surface area contributed by atoms with Crippen LogP contribution in [0.25, 0.3) is 6.08 Å². The van der Waals surface area contributed by atoms with E-state index in [0.717, 1.165) is 10.5 Å². The molecule has 0 spiro atoms. The van der Waals surface area contributed by atoms with E-state index in [0.29, 0.717) is 11.3 Å². The van der Waals surface area contributed by atoms with Crippen molar-refractivity contribution in [2.24, 2.45) is 0 Å². The second-order valence-corrected chi connectivity index (χ2v) is 5.31. The highest BCUT2D eigenvalue weighted by atomic mass is 19.1. The van der Waals surface area contributed by atoms with Crippen LogP contribution in [0.15, 0.2) is 54.2 Å². The summed E-state index contributed by atoms with van der Waals surface area (Å²) in [5.74, 6) is -0.136. The number of hydrogen-bond donors (Lipinski definition) is 1. The van der Waals surface area contributed by atoms with Crippen LogP contribution in [0.1, 0.15) is 11.1 Å². The number of nitrogens with one attached hydrogen (secondary N) is 1. The van der Waals surface area contributed by atoms with Crippen molar-refractivity contribution in [3.63, 3.8) is 0 Å². The van der Waals surface area contributed by atoms with Crippen molar-refractivity contribution < 1.29 is 18.7 Å². The van der Waals surface area contributed by atoms with E-state index in [9.17, 15) is 14.0 Å². The quantitative estimate of drug-likeness (QED) is 0.694. The van der Waals surface area contributed by atoms with Gasteiger partial charge in [-0.05, 0) is 29.8 Å². The number of rotatable bonds is 4. The van der Waals surface area contributed by atoms with E-state index in [4.69, 9.17) is 4.74 Å². The molecule has 122 valence electrons. The largest absolute Gasteiger partial charge is 0.488 e. The number of likely N-dealkylation sites (N-methyl/N-ethyl adjacent to an activating group) is 1. The summed E-state index contributed by atoms with van der Waals surface area (Å²) < 4.78 is 18.7. The number of carbonyl (C=O) groups excluding carboxylic acids is 2. The van der Waals surface area contributed by atoms with Crippen molar-refractivity contribution in [1.82, 2.24) is 10.2 Å². The number of urea groups is 1. The van der Waals surface area contributed by atoms with Gasteiger partial charge in [-0.1, -0.05) is 30.3 Å². The molecular weight excluding hydrogens is 311 g/mol. The molecule has 0 unspecified atom stereocenters. The van der Waals surface area contributed by atoms with Crippen molar-refractivity contribution >= 4 is 18.0 Å². The van der Waals surface area contributed by atoms with Gasteiger partial charge in [-0.2, -0.15) is 0 Å². The molecule has 0 radical (unpaired) electrons. The summed E-state index contributed by atoms with van der Waals surface area (Å²) in [5.41, 5.74) is 1.68. The van der Waals surface area contributed by atoms with Crippen LogP contribution >= 0.6 is 0 Å². The summed E-state index contributed by atoms with van der Waals surface area (Å²) in [7, 11) is 1.41. The molecule has 0 saturated carbocycles. The van der Waals surface area contributed by atoms with Crippen LogP contribution in [0.3, 0.4) is 0 Å². The first-order chi connectivity index (χ1) is 11.5. The van der Waals surface area contributed by atoms with E-state index >= 15 is 0 Å². The molecule has 2 aromatic rings. The van der Waals surface area contributed by atoms with Crippen molar-refractivity contribution in [2.75, 3.05) is 7.05 Å². The Hall–Kier alpha value is -3.15. The third-order valence-electron chi connectivity index (χ3n) is 3.61. The maximum atomic E-state index is 12.9. The van der Waals surface area contributed by atoms with Gasteiger partial charge in [0.1, 0.15) is 23.9 Å². The number of imide groups is 1. The van der Waals surface area contributed by atoms with Gasteiger partial charge in [0, 0.05) is 12.6 Å². The Kier molecular flexibility index (Phi) is 4.29. The van der Waals surface area contributed by atoms with E-state index in [1.165, 1.54) is 19.2 Å². The Bertz CT molecular complexity index is 815. The topological polar surface area (TPSA) is 58.6 Å². The molecule has 0 aromatic heterocycles. The molecule has 0 bridgehead atoms. The molecule has 1 fully saturated rings. The van der Waals surface area contributed by atoms with Crippen LogP contribution in [-0.4, -0.2) is 23.9 Å². The molecule has 1 aliphatic rings. The zero-order valence-electron chi connectivity index (χ0n) is 13.0. The highest BCUT2D eigenvalue weighted by Crippen LogP contribution is 2.23. The first kappa shape index (κ1) is 15.7. The van der Waals surface area contributed by atoms with Gasteiger partial charge in [-0.15, -0.1) is 0 Å². The van der Waals surface area contributed by atoms with Crippen molar-refractivity contribution in [3.8, 4) is 5.75 Å². The van der Waals surface area contributed by atoms with Crippen molar-refractivity contribution in [1.29, 1.82) is 0 Å². The Morgan fingerprint density at radius 1 is 1.12 bits per heavy atom. The fourth-order valence-electron chi connectivity index (χ4n) is 2.25. The first-order valence-electron chi connectivity index (χ1n) is 7.31. The molecule has 3 amide bonds. The highest BCUT2D eigenvalue weighted by molar-refractivity contribution is 6.13. The number of amides is 3. The average molecular weight is 326 g/mol. The summed E-state index contributed by atoms with van der Waals surface area (Å²) in [4.78, 5) is 24.4. The maximum Gasteiger partial charge on any atom is 0.328 e. The number of hydrogen-bond acceptors (Lipinski definition) is 3. The van der Waals surface area contributed by atoms with Gasteiger partial charge in [-0.25, -0.2) is 9.18 Å². The zero-order valence-corrected chi connectivity index (χ0v) is 13.0. The smallest absolute Gasteiger partial charge is 0.328 e. The predicted octanol–water partition coefficient (Wildman–Crippen LogP) is 2.93. The maximum absolute atomic E-state index is 12.9. The van der Waals surface area contributed by atoms with Crippen molar-refractivity contribution in [2.45, 2.75) is 6.61 Å². The van der Waals surface area contributed by atoms with E-state index in [2.05, 4.69) is 5.32 Å². The monoisotopic (exact) mass is 326 g/mol. The van der Waals surface area contributed by atoms with E-state index < -0.39 is 11.9 Å². The lowest BCUT2D eigenvalue weighted by atomic mass is 10.1. The van der Waals surface area contributed by atoms with Crippen LogP contribution in [0.5, 0.6) is 5.75 Å². The molecule has 5 nitrogen and oxygen atoms in total. The number of nitrogens with zero attached hydrogens (tertiary/aromatic N) is 1. The van der Waals surface area contributed by atoms with E-state index in [1.807, 2.05) is 12.1 Å². The lowest BCUT2D eigenvalue weighted by Gasteiger charge is -2.09. The molecule has 1 aliphatic heterocycles. The molecule has 0 atom stereocenters. The molecule has 1 saturated heterocycles. The van der Waals surface area contributed by atoms with Crippen LogP contribution in [0.4, 0.5) is 9.18 Å². The summed E-state index contributed by atoms with van der Waals surface area (Å²) >= 11 is 0. The van der Waals surface area contributed by atoms with Gasteiger partial charge >= 0.3 is 6.03 Å². The summed E-state index contributed by atoms with van der Waals surface area (Å²) in [5, 5.41) is 2.51. The van der Waals surface area contributed by atoms with Gasteiger partial charge in [0.15, 0.2) is 0 Å². The summed E-state index contributed by atoms with van der Waals surface area (Å²) in [6.07, 6.45) is 1.57. The number of benzene rings is 2. The number of carbonyl (C=O) groups is 2. The van der Waals surface area contributed by atoms with Crippen molar-refractivity contribution in [3.05, 3.63) is 71.2 Å². The molecular formula is C18H15FN2O3. The predicted molar refractivity (Wildman–Crippen MR) is 86.5 cm³/mol. The molecule has 1 N–H and O–H groups in total. The Labute approximate surface area is 138 Å². The lowest BCUT2D eigenvalue weighted by Crippen LogP contribution is -2.25. The standard InChI is InChI=1S/C18H15FN2O3/c1-21-17(22)15(20-18(21)23)10-13-4-2-3-5-16(13)24-11-12-6-8-14(19)9-7-12/h2-10H,11H2,1H3,(H,20,23)/b15-10+. The fourth-order valence-corrected chi connectivity index (χ4v) is 2.25. The number of halogens is 1. The second kappa shape index (κ2) is 6.54. The minimum Gasteiger partial charge on any atom is -0.488 e. The summed E-state index contributed by atoms with van der Waals surface area (Å²) in [6, 6.07) is 12.7. The second-order valence-electron chi connectivity index (χ2n) is 5.31. The Morgan fingerprint density at radius 2 is 1.83 bits per heavy atom. The van der Waals surface area contributed by atoms with Gasteiger partial charge in [0.2, 0.25) is 0 Å². The fraction of sp³-hybridized carbons (Fsp3) is 0.111. The molecule has 3 rings (SSSR count). The van der Waals surface area contributed by atoms with Crippen LogP contribution in [-0.2, 0) is 11.4 Å². The van der Waals surface area contributed by atoms with Gasteiger partial charge < -0.3 is 10.1 Å². The normalized spacial score (nSPS) is 15.8. The van der Waals surface area contributed by atoms with E-state index in [-0.39, 0.29) is 18.1 Å². The molecule has 6 heteroatoms. The third kappa shape index (κ3) is 3.27. The zero-order chi connectivity index (χ0) is 17.1. The minimum atomic E-state index is -0.462. The Balaban J connectivity index is 1.79. The third-order valence-corrected chi connectivity index (χ3v) is 3.61. The lowest BCUT2D eigenvalue weighted by molar-refractivity contribution is -0.121. The Morgan fingerprint density at radius 3 is 2.50 bits per heavy atom. The number of ether oxygens (including phenoxy) is 1.